The first kappa shape index (κ1) is 18.8. The van der Waals surface area contributed by atoms with Crippen molar-refractivity contribution in [3.63, 3.8) is 0 Å². The van der Waals surface area contributed by atoms with Crippen molar-refractivity contribution >= 4 is 23.4 Å². The van der Waals surface area contributed by atoms with Crippen molar-refractivity contribution in [1.82, 2.24) is 4.90 Å². The molecule has 2 aromatic rings. The van der Waals surface area contributed by atoms with Gasteiger partial charge in [0.25, 0.3) is 11.8 Å². The van der Waals surface area contributed by atoms with Crippen molar-refractivity contribution < 1.29 is 14.4 Å². The number of imide groups is 1. The van der Waals surface area contributed by atoms with Crippen LogP contribution >= 0.6 is 0 Å². The minimum Gasteiger partial charge on any atom is -0.326 e. The van der Waals surface area contributed by atoms with Crippen LogP contribution in [0, 0.1) is 6.92 Å². The van der Waals surface area contributed by atoms with E-state index >= 15 is 0 Å². The summed E-state index contributed by atoms with van der Waals surface area (Å²) in [5.41, 5.74) is 3.74. The first-order valence-electron chi connectivity index (χ1n) is 9.24. The molecule has 3 amide bonds. The lowest BCUT2D eigenvalue weighted by Crippen LogP contribution is -2.31. The summed E-state index contributed by atoms with van der Waals surface area (Å²) in [6.45, 7) is 6.29. The Balaban J connectivity index is 1.57. The van der Waals surface area contributed by atoms with Crippen LogP contribution in [0.15, 0.2) is 42.5 Å². The zero-order chi connectivity index (χ0) is 19.6. The summed E-state index contributed by atoms with van der Waals surface area (Å²) in [7, 11) is 0. The quantitative estimate of drug-likeness (QED) is 0.784. The molecule has 27 heavy (non-hydrogen) atoms. The summed E-state index contributed by atoms with van der Waals surface area (Å²) in [6.07, 6.45) is 0.680. The summed E-state index contributed by atoms with van der Waals surface area (Å²) in [5.74, 6) is -0.358. The number of benzene rings is 2. The number of amides is 3. The summed E-state index contributed by atoms with van der Waals surface area (Å²) >= 11 is 0. The van der Waals surface area contributed by atoms with Gasteiger partial charge in [-0.2, -0.15) is 0 Å². The number of fused-ring (bicyclic) bond motifs is 1. The van der Waals surface area contributed by atoms with E-state index in [-0.39, 0.29) is 30.7 Å². The molecule has 1 aliphatic heterocycles. The molecule has 0 radical (unpaired) electrons. The molecule has 0 aliphatic carbocycles. The molecule has 1 N–H and O–H groups in total. The fourth-order valence-corrected chi connectivity index (χ4v) is 3.33. The van der Waals surface area contributed by atoms with E-state index in [1.165, 1.54) is 4.90 Å². The van der Waals surface area contributed by atoms with Gasteiger partial charge in [-0.1, -0.05) is 43.7 Å². The van der Waals surface area contributed by atoms with Gasteiger partial charge < -0.3 is 5.32 Å². The number of nitrogens with one attached hydrogen (secondary N) is 1. The van der Waals surface area contributed by atoms with E-state index < -0.39 is 0 Å². The first-order chi connectivity index (χ1) is 12.9. The number of nitrogens with zero attached hydrogens (tertiary/aromatic N) is 1. The summed E-state index contributed by atoms with van der Waals surface area (Å²) in [6, 6.07) is 13.0. The molecule has 3 rings (SSSR count). The molecule has 0 saturated carbocycles. The molecule has 1 heterocycles. The summed E-state index contributed by atoms with van der Waals surface area (Å²) in [5, 5.41) is 2.94. The van der Waals surface area contributed by atoms with Gasteiger partial charge in [-0.15, -0.1) is 0 Å². The topological polar surface area (TPSA) is 66.5 Å². The van der Waals surface area contributed by atoms with Gasteiger partial charge in [-0.3, -0.25) is 19.3 Å². The largest absolute Gasteiger partial charge is 0.326 e. The second kappa shape index (κ2) is 7.74. The van der Waals surface area contributed by atoms with Gasteiger partial charge in [0.05, 0.1) is 11.1 Å². The predicted molar refractivity (Wildman–Crippen MR) is 105 cm³/mol. The molecule has 0 atom stereocenters. The molecular weight excluding hydrogens is 340 g/mol. The Morgan fingerprint density at radius 1 is 1.04 bits per heavy atom. The molecule has 5 nitrogen and oxygen atoms in total. The van der Waals surface area contributed by atoms with Crippen LogP contribution in [-0.2, 0) is 4.79 Å². The second-order valence-corrected chi connectivity index (χ2v) is 7.20. The van der Waals surface area contributed by atoms with Gasteiger partial charge in [0, 0.05) is 18.7 Å². The Hall–Kier alpha value is -2.95. The van der Waals surface area contributed by atoms with Gasteiger partial charge in [0.15, 0.2) is 0 Å². The van der Waals surface area contributed by atoms with Crippen LogP contribution in [0.1, 0.15) is 64.4 Å². The maximum absolute atomic E-state index is 12.5. The van der Waals surface area contributed by atoms with Crippen molar-refractivity contribution in [3.8, 4) is 0 Å². The molecule has 140 valence electrons. The first-order valence-corrected chi connectivity index (χ1v) is 9.24. The molecule has 5 heteroatoms. The molecule has 0 spiro atoms. The molecule has 0 saturated heterocycles. The zero-order valence-corrected chi connectivity index (χ0v) is 15.9. The van der Waals surface area contributed by atoms with E-state index in [0.717, 1.165) is 16.8 Å². The van der Waals surface area contributed by atoms with Crippen LogP contribution in [0.3, 0.4) is 0 Å². The number of anilines is 1. The predicted octanol–water partition coefficient (Wildman–Crippen LogP) is 4.13. The second-order valence-electron chi connectivity index (χ2n) is 7.20. The molecule has 2 aromatic carbocycles. The number of hydrogen-bond donors (Lipinski definition) is 1. The number of hydrogen-bond acceptors (Lipinski definition) is 3. The molecule has 0 aromatic heterocycles. The van der Waals surface area contributed by atoms with Crippen LogP contribution in [0.5, 0.6) is 0 Å². The van der Waals surface area contributed by atoms with Crippen LogP contribution in [0.4, 0.5) is 5.69 Å². The highest BCUT2D eigenvalue weighted by molar-refractivity contribution is 6.21. The fraction of sp³-hybridized carbons (Fsp3) is 0.318. The van der Waals surface area contributed by atoms with Crippen LogP contribution < -0.4 is 5.32 Å². The lowest BCUT2D eigenvalue weighted by atomic mass is 10.0. The van der Waals surface area contributed by atoms with E-state index in [1.54, 1.807) is 12.1 Å². The average molecular weight is 364 g/mol. The van der Waals surface area contributed by atoms with Crippen molar-refractivity contribution in [2.24, 2.45) is 0 Å². The van der Waals surface area contributed by atoms with E-state index in [9.17, 15) is 14.4 Å². The number of carbonyl (C=O) groups excluding carboxylic acids is 3. The van der Waals surface area contributed by atoms with E-state index in [4.69, 9.17) is 0 Å². The third-order valence-corrected chi connectivity index (χ3v) is 4.77. The normalized spacial score (nSPS) is 13.3. The Bertz CT molecular complexity index is 902. The van der Waals surface area contributed by atoms with Gasteiger partial charge in [0.2, 0.25) is 5.91 Å². The van der Waals surface area contributed by atoms with E-state index in [2.05, 4.69) is 19.2 Å². The highest BCUT2D eigenvalue weighted by atomic mass is 16.2. The van der Waals surface area contributed by atoms with Crippen molar-refractivity contribution in [1.29, 1.82) is 0 Å². The Morgan fingerprint density at radius 3 is 2.48 bits per heavy atom. The lowest BCUT2D eigenvalue weighted by molar-refractivity contribution is -0.116. The SMILES string of the molecule is Cc1ccc2c(c1)C(=O)N(CCCC(=O)Nc1ccccc1C(C)C)C2=O. The number of rotatable bonds is 6. The molecule has 0 unspecified atom stereocenters. The van der Waals surface area contributed by atoms with Crippen LogP contribution in [0.25, 0.3) is 0 Å². The summed E-state index contributed by atoms with van der Waals surface area (Å²) in [4.78, 5) is 38.4. The number of aryl methyl sites for hydroxylation is 1. The Kier molecular flexibility index (Phi) is 5.40. The maximum atomic E-state index is 12.5. The number of para-hydroxylation sites is 1. The maximum Gasteiger partial charge on any atom is 0.261 e. The van der Waals surface area contributed by atoms with Crippen molar-refractivity contribution in [3.05, 3.63) is 64.7 Å². The highest BCUT2D eigenvalue weighted by Gasteiger charge is 2.34. The smallest absolute Gasteiger partial charge is 0.261 e. The van der Waals surface area contributed by atoms with Gasteiger partial charge in [-0.05, 0) is 43.0 Å². The Morgan fingerprint density at radius 2 is 1.74 bits per heavy atom. The monoisotopic (exact) mass is 364 g/mol. The summed E-state index contributed by atoms with van der Waals surface area (Å²) < 4.78 is 0. The third kappa shape index (κ3) is 3.92. The molecule has 1 aliphatic rings. The van der Waals surface area contributed by atoms with Crippen LogP contribution in [0.2, 0.25) is 0 Å². The van der Waals surface area contributed by atoms with Crippen LogP contribution in [-0.4, -0.2) is 29.2 Å². The standard InChI is InChI=1S/C22H24N2O3/c1-14(2)16-7-4-5-8-19(16)23-20(25)9-6-12-24-21(26)17-11-10-15(3)13-18(17)22(24)27/h4-5,7-8,10-11,13-14H,6,9,12H2,1-3H3,(H,23,25). The van der Waals surface area contributed by atoms with Gasteiger partial charge in [0.1, 0.15) is 0 Å². The molecule has 0 bridgehead atoms. The Labute approximate surface area is 159 Å². The van der Waals surface area contributed by atoms with E-state index in [1.807, 2.05) is 37.3 Å². The minimum absolute atomic E-state index is 0.115. The molecule has 0 fully saturated rings. The minimum atomic E-state index is -0.277. The average Bonchev–Trinajstić information content (AvgIpc) is 2.86. The van der Waals surface area contributed by atoms with Gasteiger partial charge in [-0.25, -0.2) is 0 Å². The fourth-order valence-electron chi connectivity index (χ4n) is 3.33. The zero-order valence-electron chi connectivity index (χ0n) is 15.9. The van der Waals surface area contributed by atoms with Gasteiger partial charge >= 0.3 is 0 Å². The van der Waals surface area contributed by atoms with Crippen molar-refractivity contribution in [2.45, 2.75) is 39.5 Å². The lowest BCUT2D eigenvalue weighted by Gasteiger charge is -2.15. The molecular formula is C22H24N2O3. The number of carbonyl (C=O) groups is 3. The third-order valence-electron chi connectivity index (χ3n) is 4.77. The van der Waals surface area contributed by atoms with E-state index in [0.29, 0.717) is 23.5 Å². The van der Waals surface area contributed by atoms with Crippen molar-refractivity contribution in [2.75, 3.05) is 11.9 Å². The highest BCUT2D eigenvalue weighted by Crippen LogP contribution is 2.25.